The molecule has 1 rings (SSSR count). The monoisotopic (exact) mass is 299 g/mol. The Labute approximate surface area is 127 Å². The van der Waals surface area contributed by atoms with Crippen LogP contribution in [0.25, 0.3) is 0 Å². The molecule has 1 fully saturated rings. The maximum Gasteiger partial charge on any atom is 0.334 e. The Bertz CT molecular complexity index is 326. The summed E-state index contributed by atoms with van der Waals surface area (Å²) < 4.78 is 4.84. The SMILES string of the molecule is CCCC(CC1CCCCC1)C(=O)NCC(OC)C(=O)O. The van der Waals surface area contributed by atoms with Crippen molar-refractivity contribution < 1.29 is 19.4 Å². The van der Waals surface area contributed by atoms with Crippen LogP contribution >= 0.6 is 0 Å². The van der Waals surface area contributed by atoms with Gasteiger partial charge < -0.3 is 15.2 Å². The topological polar surface area (TPSA) is 75.6 Å². The summed E-state index contributed by atoms with van der Waals surface area (Å²) in [5, 5.41) is 11.7. The van der Waals surface area contributed by atoms with Crippen LogP contribution in [-0.4, -0.2) is 36.7 Å². The lowest BCUT2D eigenvalue weighted by Gasteiger charge is -2.26. The zero-order valence-corrected chi connectivity index (χ0v) is 13.3. The first-order valence-electron chi connectivity index (χ1n) is 8.11. The molecule has 0 aromatic rings. The number of hydrogen-bond donors (Lipinski definition) is 2. The normalized spacial score (nSPS) is 19.0. The molecule has 2 N–H and O–H groups in total. The van der Waals surface area contributed by atoms with E-state index in [1.165, 1.54) is 39.2 Å². The molecule has 0 saturated heterocycles. The van der Waals surface area contributed by atoms with E-state index in [0.717, 1.165) is 19.3 Å². The fourth-order valence-corrected chi connectivity index (χ4v) is 3.14. The van der Waals surface area contributed by atoms with Gasteiger partial charge in [0.15, 0.2) is 6.10 Å². The van der Waals surface area contributed by atoms with Crippen molar-refractivity contribution in [3.63, 3.8) is 0 Å². The van der Waals surface area contributed by atoms with Gasteiger partial charge in [0.05, 0.1) is 6.54 Å². The van der Waals surface area contributed by atoms with Crippen LogP contribution in [0, 0.1) is 11.8 Å². The fourth-order valence-electron chi connectivity index (χ4n) is 3.14. The van der Waals surface area contributed by atoms with Crippen LogP contribution in [0.2, 0.25) is 0 Å². The van der Waals surface area contributed by atoms with Gasteiger partial charge in [-0.15, -0.1) is 0 Å². The Balaban J connectivity index is 2.45. The molecule has 1 aliphatic carbocycles. The van der Waals surface area contributed by atoms with Gasteiger partial charge in [0, 0.05) is 13.0 Å². The lowest BCUT2D eigenvalue weighted by atomic mass is 9.81. The van der Waals surface area contributed by atoms with Gasteiger partial charge >= 0.3 is 5.97 Å². The molecular formula is C16H29NO4. The lowest BCUT2D eigenvalue weighted by Crippen LogP contribution is -2.41. The predicted octanol–water partition coefficient (Wildman–Crippen LogP) is 2.59. The number of amides is 1. The highest BCUT2D eigenvalue weighted by molar-refractivity contribution is 5.80. The van der Waals surface area contributed by atoms with Gasteiger partial charge in [0.25, 0.3) is 0 Å². The number of hydrogen-bond acceptors (Lipinski definition) is 3. The second-order valence-corrected chi connectivity index (χ2v) is 6.03. The Morgan fingerprint density at radius 3 is 2.48 bits per heavy atom. The number of carboxylic acid groups (broad SMARTS) is 1. The van der Waals surface area contributed by atoms with Crippen molar-refractivity contribution in [3.8, 4) is 0 Å². The van der Waals surface area contributed by atoms with Gasteiger partial charge in [-0.2, -0.15) is 0 Å². The van der Waals surface area contributed by atoms with E-state index >= 15 is 0 Å². The minimum atomic E-state index is -1.04. The largest absolute Gasteiger partial charge is 0.479 e. The quantitative estimate of drug-likeness (QED) is 0.686. The van der Waals surface area contributed by atoms with Crippen molar-refractivity contribution in [2.45, 2.75) is 64.4 Å². The third kappa shape index (κ3) is 6.46. The third-order valence-electron chi connectivity index (χ3n) is 4.37. The van der Waals surface area contributed by atoms with E-state index in [9.17, 15) is 9.59 Å². The van der Waals surface area contributed by atoms with E-state index in [2.05, 4.69) is 12.2 Å². The van der Waals surface area contributed by atoms with Crippen LogP contribution in [0.1, 0.15) is 58.3 Å². The summed E-state index contributed by atoms with van der Waals surface area (Å²) >= 11 is 0. The molecule has 2 unspecified atom stereocenters. The van der Waals surface area contributed by atoms with Crippen molar-refractivity contribution >= 4 is 11.9 Å². The molecule has 1 amide bonds. The molecule has 2 atom stereocenters. The van der Waals surface area contributed by atoms with Crippen LogP contribution in [0.5, 0.6) is 0 Å². The first-order chi connectivity index (χ1) is 10.1. The van der Waals surface area contributed by atoms with E-state index in [0.29, 0.717) is 5.92 Å². The van der Waals surface area contributed by atoms with E-state index < -0.39 is 12.1 Å². The van der Waals surface area contributed by atoms with Crippen LogP contribution in [0.4, 0.5) is 0 Å². The number of ether oxygens (including phenoxy) is 1. The van der Waals surface area contributed by atoms with Crippen molar-refractivity contribution in [2.24, 2.45) is 11.8 Å². The number of carbonyl (C=O) groups is 2. The van der Waals surface area contributed by atoms with E-state index in [1.807, 2.05) is 0 Å². The Hall–Kier alpha value is -1.10. The smallest absolute Gasteiger partial charge is 0.334 e. The van der Waals surface area contributed by atoms with Gasteiger partial charge in [-0.1, -0.05) is 45.4 Å². The van der Waals surface area contributed by atoms with Gasteiger partial charge in [0.2, 0.25) is 5.91 Å². The highest BCUT2D eigenvalue weighted by Gasteiger charge is 2.25. The molecule has 0 bridgehead atoms. The minimum Gasteiger partial charge on any atom is -0.479 e. The molecule has 0 aliphatic heterocycles. The second kappa shape index (κ2) is 9.77. The highest BCUT2D eigenvalue weighted by atomic mass is 16.5. The lowest BCUT2D eigenvalue weighted by molar-refractivity contribution is -0.148. The molecule has 5 heteroatoms. The summed E-state index contributed by atoms with van der Waals surface area (Å²) in [6, 6.07) is 0. The molecule has 122 valence electrons. The Morgan fingerprint density at radius 2 is 1.95 bits per heavy atom. The van der Waals surface area contributed by atoms with Gasteiger partial charge in [-0.3, -0.25) is 4.79 Å². The molecule has 0 aromatic heterocycles. The number of carbonyl (C=O) groups excluding carboxylic acids is 1. The minimum absolute atomic E-state index is 0.00408. The van der Waals surface area contributed by atoms with Crippen molar-refractivity contribution in [3.05, 3.63) is 0 Å². The first-order valence-corrected chi connectivity index (χ1v) is 8.11. The summed E-state index contributed by atoms with van der Waals surface area (Å²) in [4.78, 5) is 23.2. The van der Waals surface area contributed by atoms with Crippen LogP contribution < -0.4 is 5.32 Å². The van der Waals surface area contributed by atoms with Crippen molar-refractivity contribution in [2.75, 3.05) is 13.7 Å². The average Bonchev–Trinajstić information content (AvgIpc) is 2.48. The number of nitrogens with one attached hydrogen (secondary N) is 1. The predicted molar refractivity (Wildman–Crippen MR) is 81.0 cm³/mol. The molecule has 0 radical (unpaired) electrons. The van der Waals surface area contributed by atoms with Gasteiger partial charge in [-0.05, 0) is 18.8 Å². The summed E-state index contributed by atoms with van der Waals surface area (Å²) in [6.45, 7) is 2.12. The van der Waals surface area contributed by atoms with Gasteiger partial charge in [0.1, 0.15) is 0 Å². The van der Waals surface area contributed by atoms with E-state index in [4.69, 9.17) is 9.84 Å². The van der Waals surface area contributed by atoms with Crippen LogP contribution in [-0.2, 0) is 14.3 Å². The number of carboxylic acids is 1. The van der Waals surface area contributed by atoms with Gasteiger partial charge in [-0.25, -0.2) is 4.79 Å². The van der Waals surface area contributed by atoms with Crippen LogP contribution in [0.3, 0.4) is 0 Å². The Morgan fingerprint density at radius 1 is 1.29 bits per heavy atom. The molecular weight excluding hydrogens is 270 g/mol. The average molecular weight is 299 g/mol. The fraction of sp³-hybridized carbons (Fsp3) is 0.875. The molecule has 21 heavy (non-hydrogen) atoms. The molecule has 0 heterocycles. The maximum absolute atomic E-state index is 12.3. The second-order valence-electron chi connectivity index (χ2n) is 6.03. The molecule has 0 spiro atoms. The van der Waals surface area contributed by atoms with Crippen molar-refractivity contribution in [1.82, 2.24) is 5.32 Å². The first kappa shape index (κ1) is 18.0. The third-order valence-corrected chi connectivity index (χ3v) is 4.37. The summed E-state index contributed by atoms with van der Waals surface area (Å²) in [5.74, 6) is -0.411. The number of methoxy groups -OCH3 is 1. The van der Waals surface area contributed by atoms with Crippen molar-refractivity contribution in [1.29, 1.82) is 0 Å². The maximum atomic E-state index is 12.3. The van der Waals surface area contributed by atoms with E-state index in [-0.39, 0.29) is 18.4 Å². The molecule has 1 aliphatic rings. The summed E-state index contributed by atoms with van der Waals surface area (Å²) in [5.41, 5.74) is 0. The number of aliphatic carboxylic acids is 1. The highest BCUT2D eigenvalue weighted by Crippen LogP contribution is 2.30. The molecule has 0 aromatic carbocycles. The Kier molecular flexibility index (Phi) is 8.35. The standard InChI is InChI=1S/C16H29NO4/c1-3-7-13(10-12-8-5-4-6-9-12)15(18)17-11-14(21-2)16(19)20/h12-14H,3-11H2,1-2H3,(H,17,18)(H,19,20). The zero-order chi connectivity index (χ0) is 15.7. The molecule has 5 nitrogen and oxygen atoms in total. The zero-order valence-electron chi connectivity index (χ0n) is 13.3. The summed E-state index contributed by atoms with van der Waals surface area (Å²) in [7, 11) is 1.34. The van der Waals surface area contributed by atoms with E-state index in [1.54, 1.807) is 0 Å². The summed E-state index contributed by atoms with van der Waals surface area (Å²) in [6.07, 6.45) is 8.12. The molecule has 1 saturated carbocycles. The number of rotatable bonds is 9. The van der Waals surface area contributed by atoms with Crippen LogP contribution in [0.15, 0.2) is 0 Å².